The van der Waals surface area contributed by atoms with Crippen LogP contribution in [0, 0.1) is 0 Å². The van der Waals surface area contributed by atoms with E-state index in [1.165, 1.54) is 16.7 Å². The minimum absolute atomic E-state index is 0.0746. The minimum Gasteiger partial charge on any atom is -0.454 e. The highest BCUT2D eigenvalue weighted by atomic mass is 32.2. The first-order chi connectivity index (χ1) is 14.2. The number of para-hydroxylation sites is 1. The quantitative estimate of drug-likeness (QED) is 0.589. The summed E-state index contributed by atoms with van der Waals surface area (Å²) in [4.78, 5) is 21.1. The molecule has 0 atom stereocenters. The van der Waals surface area contributed by atoms with E-state index in [0.29, 0.717) is 22.9 Å². The van der Waals surface area contributed by atoms with Crippen LogP contribution in [0.4, 0.5) is 11.4 Å². The van der Waals surface area contributed by atoms with Crippen molar-refractivity contribution in [3.05, 3.63) is 48.5 Å². The number of rotatable bonds is 4. The van der Waals surface area contributed by atoms with Gasteiger partial charge < -0.3 is 24.6 Å². The fraction of sp³-hybridized carbons (Fsp3) is 0.333. The van der Waals surface area contributed by atoms with Gasteiger partial charge in [0.2, 0.25) is 12.7 Å². The van der Waals surface area contributed by atoms with Crippen molar-refractivity contribution in [2.45, 2.75) is 0 Å². The van der Waals surface area contributed by atoms with Crippen molar-refractivity contribution in [3.8, 4) is 11.5 Å². The zero-order valence-corrected chi connectivity index (χ0v) is 17.2. The Morgan fingerprint density at radius 3 is 2.69 bits per heavy atom. The van der Waals surface area contributed by atoms with E-state index in [0.717, 1.165) is 37.0 Å². The Kier molecular flexibility index (Phi) is 6.21. The van der Waals surface area contributed by atoms with Gasteiger partial charge in [0.25, 0.3) is 0 Å². The lowest BCUT2D eigenvalue weighted by atomic mass is 10.3. The number of hydrogen-bond acceptors (Lipinski definition) is 5. The molecular weight excluding hydrogens is 388 g/mol. The third kappa shape index (κ3) is 5.21. The summed E-state index contributed by atoms with van der Waals surface area (Å²) >= 11 is 1.48. The lowest BCUT2D eigenvalue weighted by Crippen LogP contribution is -3.12. The van der Waals surface area contributed by atoms with Crippen molar-refractivity contribution in [2.24, 2.45) is 4.99 Å². The van der Waals surface area contributed by atoms with Gasteiger partial charge in [0.1, 0.15) is 0 Å². The fourth-order valence-electron chi connectivity index (χ4n) is 3.19. The number of nitrogens with zero attached hydrogens (tertiary/aromatic N) is 2. The predicted molar refractivity (Wildman–Crippen MR) is 115 cm³/mol. The van der Waals surface area contributed by atoms with Crippen molar-refractivity contribution >= 4 is 34.2 Å². The average molecular weight is 414 g/mol. The zero-order chi connectivity index (χ0) is 20.1. The molecule has 4 rings (SSSR count). The topological polar surface area (TPSA) is 67.6 Å². The molecule has 1 fully saturated rings. The van der Waals surface area contributed by atoms with Gasteiger partial charge in [0, 0.05) is 11.8 Å². The maximum atomic E-state index is 12.5. The number of carbonyl (C=O) groups excluding carboxylic acids is 1. The van der Waals surface area contributed by atoms with Gasteiger partial charge in [-0.2, -0.15) is 0 Å². The molecule has 29 heavy (non-hydrogen) atoms. The SMILES string of the molecule is C[NH+]1CCN(C(=Nc2ccccc2)SCC(=O)Nc2ccc3c(c2)OCO3)CC1. The number of amides is 1. The third-order valence-electron chi connectivity index (χ3n) is 4.86. The first-order valence-corrected chi connectivity index (χ1v) is 10.7. The maximum absolute atomic E-state index is 12.5. The molecule has 0 unspecified atom stereocenters. The Bertz CT molecular complexity index is 883. The maximum Gasteiger partial charge on any atom is 0.234 e. The molecule has 2 aliphatic rings. The summed E-state index contributed by atoms with van der Waals surface area (Å²) in [5.41, 5.74) is 1.60. The van der Waals surface area contributed by atoms with Crippen LogP contribution in [0.15, 0.2) is 53.5 Å². The Labute approximate surface area is 174 Å². The van der Waals surface area contributed by atoms with Crippen LogP contribution < -0.4 is 19.7 Å². The lowest BCUT2D eigenvalue weighted by Gasteiger charge is -2.32. The normalized spacial score (nSPS) is 16.7. The van der Waals surface area contributed by atoms with E-state index in [4.69, 9.17) is 14.5 Å². The zero-order valence-electron chi connectivity index (χ0n) is 16.4. The molecule has 0 radical (unpaired) electrons. The summed E-state index contributed by atoms with van der Waals surface area (Å²) in [7, 11) is 2.21. The van der Waals surface area contributed by atoms with Crippen LogP contribution in [0.3, 0.4) is 0 Å². The van der Waals surface area contributed by atoms with Crippen LogP contribution in [0.25, 0.3) is 0 Å². The summed E-state index contributed by atoms with van der Waals surface area (Å²) in [5.74, 6) is 1.57. The minimum atomic E-state index is -0.0746. The van der Waals surface area contributed by atoms with Crippen LogP contribution in [0.5, 0.6) is 11.5 Å². The molecule has 152 valence electrons. The van der Waals surface area contributed by atoms with E-state index >= 15 is 0 Å². The van der Waals surface area contributed by atoms with E-state index in [2.05, 4.69) is 17.3 Å². The van der Waals surface area contributed by atoms with E-state index in [-0.39, 0.29) is 12.7 Å². The number of amidine groups is 1. The molecule has 1 amide bonds. The third-order valence-corrected chi connectivity index (χ3v) is 5.87. The number of thioether (sulfide) groups is 1. The fourth-order valence-corrected chi connectivity index (χ4v) is 4.06. The molecule has 0 aliphatic carbocycles. The first-order valence-electron chi connectivity index (χ1n) is 9.70. The molecule has 7 nitrogen and oxygen atoms in total. The molecule has 2 aromatic carbocycles. The number of aliphatic imine (C=N–C) groups is 1. The summed E-state index contributed by atoms with van der Waals surface area (Å²) in [5, 5.41) is 3.82. The Morgan fingerprint density at radius 1 is 1.14 bits per heavy atom. The standard InChI is InChI=1S/C21H24N4O3S/c1-24-9-11-25(12-10-24)21(23-16-5-3-2-4-6-16)29-14-20(26)22-17-7-8-18-19(13-17)28-15-27-18/h2-8,13H,9-12,14-15H2,1H3,(H,22,26)/p+1. The van der Waals surface area contributed by atoms with E-state index < -0.39 is 0 Å². The number of hydrogen-bond donors (Lipinski definition) is 2. The van der Waals surface area contributed by atoms with E-state index in [1.54, 1.807) is 12.1 Å². The molecule has 2 aliphatic heterocycles. The van der Waals surface area contributed by atoms with Gasteiger partial charge in [-0.05, 0) is 24.3 Å². The summed E-state index contributed by atoms with van der Waals surface area (Å²) in [6, 6.07) is 15.3. The van der Waals surface area contributed by atoms with Crippen molar-refractivity contribution in [2.75, 3.05) is 51.1 Å². The van der Waals surface area contributed by atoms with Crippen LogP contribution in [0.1, 0.15) is 0 Å². The molecule has 2 aromatic rings. The second-order valence-electron chi connectivity index (χ2n) is 7.08. The van der Waals surface area contributed by atoms with Crippen LogP contribution >= 0.6 is 11.8 Å². The smallest absolute Gasteiger partial charge is 0.234 e. The Balaban J connectivity index is 1.40. The molecular formula is C21H25N4O3S+. The molecule has 8 heteroatoms. The monoisotopic (exact) mass is 413 g/mol. The van der Waals surface area contributed by atoms with Gasteiger partial charge in [0.15, 0.2) is 16.7 Å². The highest BCUT2D eigenvalue weighted by Gasteiger charge is 2.21. The number of benzene rings is 2. The van der Waals surface area contributed by atoms with Gasteiger partial charge in [-0.15, -0.1) is 0 Å². The van der Waals surface area contributed by atoms with Crippen molar-refractivity contribution in [1.82, 2.24) is 4.90 Å². The molecule has 2 N–H and O–H groups in total. The van der Waals surface area contributed by atoms with Gasteiger partial charge in [-0.1, -0.05) is 30.0 Å². The summed E-state index contributed by atoms with van der Waals surface area (Å²) in [6.45, 7) is 4.23. The van der Waals surface area contributed by atoms with E-state index in [1.807, 2.05) is 36.4 Å². The Hall–Kier alpha value is -2.71. The molecule has 0 aromatic heterocycles. The first kappa shape index (κ1) is 19.6. The molecule has 0 spiro atoms. The van der Waals surface area contributed by atoms with Crippen LogP contribution in [0.2, 0.25) is 0 Å². The number of ether oxygens (including phenoxy) is 2. The highest BCUT2D eigenvalue weighted by molar-refractivity contribution is 8.14. The molecule has 1 saturated heterocycles. The van der Waals surface area contributed by atoms with Gasteiger partial charge >= 0.3 is 0 Å². The number of fused-ring (bicyclic) bond motifs is 1. The van der Waals surface area contributed by atoms with Crippen molar-refractivity contribution in [3.63, 3.8) is 0 Å². The summed E-state index contributed by atoms with van der Waals surface area (Å²) < 4.78 is 10.7. The molecule has 0 saturated carbocycles. The average Bonchev–Trinajstić information content (AvgIpc) is 3.20. The van der Waals surface area contributed by atoms with Gasteiger partial charge in [0.05, 0.1) is 44.7 Å². The van der Waals surface area contributed by atoms with Crippen LogP contribution in [-0.2, 0) is 4.79 Å². The number of nitrogens with one attached hydrogen (secondary N) is 2. The lowest BCUT2D eigenvalue weighted by molar-refractivity contribution is -0.883. The van der Waals surface area contributed by atoms with Crippen molar-refractivity contribution in [1.29, 1.82) is 0 Å². The number of piperazine rings is 1. The Morgan fingerprint density at radius 2 is 1.90 bits per heavy atom. The number of carbonyl (C=O) groups is 1. The van der Waals surface area contributed by atoms with Crippen molar-refractivity contribution < 1.29 is 19.2 Å². The van der Waals surface area contributed by atoms with E-state index in [9.17, 15) is 4.79 Å². The number of quaternary nitrogens is 1. The molecule has 2 heterocycles. The number of anilines is 1. The van der Waals surface area contributed by atoms with Crippen LogP contribution in [-0.4, -0.2) is 61.7 Å². The predicted octanol–water partition coefficient (Wildman–Crippen LogP) is 1.61. The van der Waals surface area contributed by atoms with Gasteiger partial charge in [-0.25, -0.2) is 4.99 Å². The second kappa shape index (κ2) is 9.19. The summed E-state index contributed by atoms with van der Waals surface area (Å²) in [6.07, 6.45) is 0. The highest BCUT2D eigenvalue weighted by Crippen LogP contribution is 2.34. The second-order valence-corrected chi connectivity index (χ2v) is 8.02. The largest absolute Gasteiger partial charge is 0.454 e. The van der Waals surface area contributed by atoms with Gasteiger partial charge in [-0.3, -0.25) is 4.79 Å². The number of likely N-dealkylation sites (N-methyl/N-ethyl adjacent to an activating group) is 1. The molecule has 0 bridgehead atoms.